The average molecular weight is 782 g/mol. The summed E-state index contributed by atoms with van der Waals surface area (Å²) in [5.74, 6) is -1.59. The molecule has 298 valence electrons. The lowest BCUT2D eigenvalue weighted by atomic mass is 10.1. The Bertz CT molecular complexity index is 2080. The van der Waals surface area contributed by atoms with Crippen molar-refractivity contribution in [3.63, 3.8) is 0 Å². The van der Waals surface area contributed by atoms with Crippen molar-refractivity contribution >= 4 is 56.3 Å². The molecule has 1 aliphatic heterocycles. The Morgan fingerprint density at radius 2 is 1.38 bits per heavy atom. The monoisotopic (exact) mass is 781 g/mol. The third-order valence-electron chi connectivity index (χ3n) is 9.91. The van der Waals surface area contributed by atoms with Gasteiger partial charge in [-0.1, -0.05) is 121 Å². The second kappa shape index (κ2) is 20.6. The van der Waals surface area contributed by atoms with Crippen molar-refractivity contribution in [2.24, 2.45) is 4.99 Å². The molecule has 12 nitrogen and oxygen atoms in total. The number of hydrogen-bond donors (Lipinski definition) is 3. The van der Waals surface area contributed by atoms with E-state index in [-0.39, 0.29) is 41.1 Å². The number of carbonyl (C=O) groups is 3. The largest absolute Gasteiger partial charge is 0.326 e. The van der Waals surface area contributed by atoms with Gasteiger partial charge >= 0.3 is 0 Å². The summed E-state index contributed by atoms with van der Waals surface area (Å²) < 4.78 is 31.5. The fraction of sp³-hybridized carbons (Fsp3) is 0.419. The zero-order chi connectivity index (χ0) is 39.9. The molecule has 1 aliphatic rings. The van der Waals surface area contributed by atoms with E-state index in [1.165, 1.54) is 72.3 Å². The first-order chi connectivity index (χ1) is 27.1. The highest BCUT2D eigenvalue weighted by atomic mass is 32.2. The summed E-state index contributed by atoms with van der Waals surface area (Å²) in [5, 5.41) is 8.60. The van der Waals surface area contributed by atoms with E-state index in [2.05, 4.69) is 27.9 Å². The van der Waals surface area contributed by atoms with Crippen molar-refractivity contribution in [2.75, 3.05) is 22.5 Å². The first-order valence-electron chi connectivity index (χ1n) is 19.9. The van der Waals surface area contributed by atoms with Crippen LogP contribution in [0, 0.1) is 6.92 Å². The fourth-order valence-electron chi connectivity index (χ4n) is 6.78. The highest BCUT2D eigenvalue weighted by Crippen LogP contribution is 2.36. The number of unbranched alkanes of at least 4 members (excludes halogenated alkanes) is 11. The number of fused-ring (bicyclic) bond motifs is 1. The number of aryl methyl sites for hydroxylation is 1. The lowest BCUT2D eigenvalue weighted by molar-refractivity contribution is -0.118. The number of sulfonamides is 1. The maximum atomic E-state index is 14.7. The minimum Gasteiger partial charge on any atom is -0.326 e. The van der Waals surface area contributed by atoms with Crippen LogP contribution in [0.1, 0.15) is 120 Å². The van der Waals surface area contributed by atoms with Gasteiger partial charge < -0.3 is 20.5 Å². The van der Waals surface area contributed by atoms with Crippen molar-refractivity contribution in [1.29, 1.82) is 0 Å². The maximum absolute atomic E-state index is 14.7. The molecule has 2 heterocycles. The molecule has 4 aromatic rings. The van der Waals surface area contributed by atoms with Crippen LogP contribution in [-0.2, 0) is 19.6 Å². The molecule has 0 saturated carbocycles. The minimum absolute atomic E-state index is 0.0460. The molecule has 3 aromatic carbocycles. The molecule has 3 N–H and O–H groups in total. The number of para-hydroxylation sites is 2. The molecule has 5 rings (SSSR count). The number of amidine groups is 1. The number of rotatable bonds is 21. The molecule has 0 aliphatic carbocycles. The van der Waals surface area contributed by atoms with Gasteiger partial charge in [0.05, 0.1) is 5.69 Å². The molecule has 3 amide bonds. The Hall–Kier alpha value is -5.30. The molecule has 56 heavy (non-hydrogen) atoms. The van der Waals surface area contributed by atoms with Crippen LogP contribution in [0.5, 0.6) is 0 Å². The molecular weight excluding hydrogens is 727 g/mol. The second-order valence-corrected chi connectivity index (χ2v) is 16.0. The van der Waals surface area contributed by atoms with Gasteiger partial charge in [-0.25, -0.2) is 18.4 Å². The van der Waals surface area contributed by atoms with E-state index in [1.807, 2.05) is 13.0 Å². The van der Waals surface area contributed by atoms with Crippen LogP contribution in [0.2, 0.25) is 0 Å². The number of amides is 3. The van der Waals surface area contributed by atoms with Crippen molar-refractivity contribution in [1.82, 2.24) is 13.9 Å². The Morgan fingerprint density at radius 3 is 2.05 bits per heavy atom. The molecule has 0 saturated heterocycles. The van der Waals surface area contributed by atoms with Crippen LogP contribution in [-0.4, -0.2) is 52.4 Å². The molecule has 13 heteroatoms. The molecule has 1 atom stereocenters. The summed E-state index contributed by atoms with van der Waals surface area (Å²) in [4.78, 5) is 49.9. The summed E-state index contributed by atoms with van der Waals surface area (Å²) in [6, 6.07) is 19.0. The number of imidazole rings is 1. The number of aliphatic imine (C=N–C) groups is 1. The van der Waals surface area contributed by atoms with Gasteiger partial charge in [0.2, 0.25) is 5.91 Å². The molecular formula is C43H55N7O5S. The van der Waals surface area contributed by atoms with Gasteiger partial charge in [0, 0.05) is 42.4 Å². The van der Waals surface area contributed by atoms with Crippen LogP contribution >= 0.6 is 0 Å². The van der Waals surface area contributed by atoms with Gasteiger partial charge in [0.15, 0.2) is 17.7 Å². The normalized spacial score (nSPS) is 13.7. The van der Waals surface area contributed by atoms with Crippen molar-refractivity contribution in [2.45, 2.75) is 115 Å². The van der Waals surface area contributed by atoms with E-state index in [9.17, 15) is 22.8 Å². The number of nitrogens with one attached hydrogen (secondary N) is 3. The predicted molar refractivity (Wildman–Crippen MR) is 223 cm³/mol. The molecule has 0 bridgehead atoms. The van der Waals surface area contributed by atoms with E-state index < -0.39 is 27.9 Å². The number of nitrogens with zero attached hydrogens (tertiary/aromatic N) is 4. The maximum Gasteiger partial charge on any atom is 0.291 e. The summed E-state index contributed by atoms with van der Waals surface area (Å²) in [6.45, 7) is 5.87. The standard InChI is InChI=1S/C43H55N7O5S/c1-4-6-7-8-9-10-11-12-13-14-15-21-29-50-40(47-35-24-19-20-25-37(35)56(50,54)55)39(42(52)48-36-31-34(27-26-32(36)3)45-38(51)5-2)49-30-28-44-41(49)43(53)46-33-22-17-16-18-23-33/h16-20,22-28,30-31,39H,4-15,21,29H2,1-3H3,(H,45,51)(H,46,53)(H,48,52). The number of carbonyl (C=O) groups excluding carboxylic acids is 3. The number of hydrogen-bond acceptors (Lipinski definition) is 7. The minimum atomic E-state index is -4.16. The lowest BCUT2D eigenvalue weighted by Gasteiger charge is -2.34. The van der Waals surface area contributed by atoms with Crippen LogP contribution < -0.4 is 16.0 Å². The second-order valence-electron chi connectivity index (χ2n) is 14.2. The summed E-state index contributed by atoms with van der Waals surface area (Å²) in [6.07, 6.45) is 16.6. The molecule has 0 fully saturated rings. The van der Waals surface area contributed by atoms with Crippen LogP contribution in [0.15, 0.2) is 95.1 Å². The van der Waals surface area contributed by atoms with Crippen molar-refractivity contribution < 1.29 is 22.8 Å². The summed E-state index contributed by atoms with van der Waals surface area (Å²) in [5.41, 5.74) is 2.31. The number of aromatic nitrogens is 2. The third-order valence-corrected chi connectivity index (χ3v) is 11.8. The van der Waals surface area contributed by atoms with Gasteiger partial charge in [-0.15, -0.1) is 0 Å². The molecule has 1 aromatic heterocycles. The summed E-state index contributed by atoms with van der Waals surface area (Å²) in [7, 11) is -4.16. The predicted octanol–water partition coefficient (Wildman–Crippen LogP) is 9.41. The number of anilines is 3. The van der Waals surface area contributed by atoms with Crippen LogP contribution in [0.25, 0.3) is 0 Å². The van der Waals surface area contributed by atoms with E-state index in [0.29, 0.717) is 29.0 Å². The molecule has 0 spiro atoms. The quantitative estimate of drug-likeness (QED) is 0.0716. The van der Waals surface area contributed by atoms with Gasteiger partial charge in [0.25, 0.3) is 21.8 Å². The van der Waals surface area contributed by atoms with Gasteiger partial charge in [-0.05, 0) is 55.3 Å². The van der Waals surface area contributed by atoms with E-state index >= 15 is 0 Å². The smallest absolute Gasteiger partial charge is 0.291 e. The van der Waals surface area contributed by atoms with Gasteiger partial charge in [-0.3, -0.25) is 18.7 Å². The van der Waals surface area contributed by atoms with Crippen molar-refractivity contribution in [3.8, 4) is 0 Å². The Morgan fingerprint density at radius 1 is 0.732 bits per heavy atom. The van der Waals surface area contributed by atoms with Crippen LogP contribution in [0.3, 0.4) is 0 Å². The first-order valence-corrected chi connectivity index (χ1v) is 21.4. The SMILES string of the molecule is CCCCCCCCCCCCCCN1C(C(C(=O)Nc2cc(NC(=O)CC)ccc2C)n2ccnc2C(=O)Nc2ccccc2)=Nc2ccccc2S1(=O)=O. The summed E-state index contributed by atoms with van der Waals surface area (Å²) >= 11 is 0. The Kier molecular flexibility index (Phi) is 15.4. The Labute approximate surface area is 331 Å². The highest BCUT2D eigenvalue weighted by Gasteiger charge is 2.42. The third kappa shape index (κ3) is 10.9. The van der Waals surface area contributed by atoms with Gasteiger partial charge in [-0.2, -0.15) is 0 Å². The van der Waals surface area contributed by atoms with Gasteiger partial charge in [0.1, 0.15) is 4.90 Å². The highest BCUT2D eigenvalue weighted by molar-refractivity contribution is 7.90. The van der Waals surface area contributed by atoms with Crippen LogP contribution in [0.4, 0.5) is 22.7 Å². The van der Waals surface area contributed by atoms with E-state index in [0.717, 1.165) is 25.7 Å². The lowest BCUT2D eigenvalue weighted by Crippen LogP contribution is -2.48. The topological polar surface area (TPSA) is 155 Å². The molecule has 1 unspecified atom stereocenters. The first kappa shape index (κ1) is 41.9. The number of benzene rings is 3. The average Bonchev–Trinajstić information content (AvgIpc) is 3.67. The molecule has 0 radical (unpaired) electrons. The zero-order valence-corrected chi connectivity index (χ0v) is 33.6. The fourth-order valence-corrected chi connectivity index (χ4v) is 8.40. The van der Waals surface area contributed by atoms with E-state index in [1.54, 1.807) is 67.6 Å². The van der Waals surface area contributed by atoms with E-state index in [4.69, 9.17) is 4.99 Å². The Balaban J connectivity index is 1.45. The van der Waals surface area contributed by atoms with Crippen molar-refractivity contribution in [3.05, 3.63) is 96.6 Å². The zero-order valence-electron chi connectivity index (χ0n) is 32.8.